The van der Waals surface area contributed by atoms with Crippen LogP contribution in [0.15, 0.2) is 52.3 Å². The lowest BCUT2D eigenvalue weighted by Crippen LogP contribution is -2.12. The molecular weight excluding hydrogens is 433 g/mol. The fraction of sp³-hybridized carbons (Fsp3) is 0.0476. The monoisotopic (exact) mass is 445 g/mol. The van der Waals surface area contributed by atoms with Gasteiger partial charge in [0.2, 0.25) is 0 Å². The number of para-hydroxylation sites is 1. The second kappa shape index (κ2) is 7.55. The summed E-state index contributed by atoms with van der Waals surface area (Å²) in [4.78, 5) is 24.6. The van der Waals surface area contributed by atoms with E-state index in [0.29, 0.717) is 32.3 Å². The predicted octanol–water partition coefficient (Wildman–Crippen LogP) is 6.73. The van der Waals surface area contributed by atoms with Crippen LogP contribution in [0.3, 0.4) is 0 Å². The third-order valence-corrected chi connectivity index (χ3v) is 6.30. The lowest BCUT2D eigenvalue weighted by atomic mass is 9.99. The van der Waals surface area contributed by atoms with E-state index in [1.165, 1.54) is 0 Å². The third kappa shape index (κ3) is 3.51. The summed E-state index contributed by atoms with van der Waals surface area (Å²) < 4.78 is 5.55. The molecule has 2 aromatic carbocycles. The Morgan fingerprint density at radius 2 is 1.86 bits per heavy atom. The van der Waals surface area contributed by atoms with Gasteiger partial charge in [0.1, 0.15) is 16.1 Å². The maximum absolute atomic E-state index is 12.6. The Balaban J connectivity index is 1.73. The summed E-state index contributed by atoms with van der Waals surface area (Å²) in [5.74, 6) is -1.59. The van der Waals surface area contributed by atoms with E-state index in [4.69, 9.17) is 27.6 Å². The van der Waals surface area contributed by atoms with Crippen LogP contribution in [0, 0.1) is 6.92 Å². The smallest absolute Gasteiger partial charge is 0.339 e. The molecule has 2 N–H and O–H groups in total. The molecule has 0 unspecified atom stereocenters. The Morgan fingerprint density at radius 3 is 2.59 bits per heavy atom. The van der Waals surface area contributed by atoms with Crippen molar-refractivity contribution in [1.82, 2.24) is 0 Å². The number of fused-ring (bicyclic) bond motifs is 1. The first kappa shape index (κ1) is 19.5. The number of hydrogen-bond donors (Lipinski definition) is 2. The molecular formula is C21H13Cl2NO4S. The molecule has 0 bridgehead atoms. The van der Waals surface area contributed by atoms with E-state index in [9.17, 15) is 14.7 Å². The van der Waals surface area contributed by atoms with Crippen LogP contribution in [0.5, 0.6) is 0 Å². The maximum Gasteiger partial charge on any atom is 0.339 e. The summed E-state index contributed by atoms with van der Waals surface area (Å²) in [7, 11) is 0. The summed E-state index contributed by atoms with van der Waals surface area (Å²) in [6, 6.07) is 12.2. The molecule has 0 aliphatic rings. The molecule has 4 aromatic rings. The van der Waals surface area contributed by atoms with E-state index < -0.39 is 11.9 Å². The Bertz CT molecular complexity index is 1240. The molecule has 2 heterocycles. The number of carboxylic acid groups (broad SMARTS) is 1. The summed E-state index contributed by atoms with van der Waals surface area (Å²) in [5.41, 5.74) is 2.32. The number of benzene rings is 2. The van der Waals surface area contributed by atoms with Gasteiger partial charge in [0.25, 0.3) is 5.91 Å². The van der Waals surface area contributed by atoms with Crippen molar-refractivity contribution in [2.45, 2.75) is 6.92 Å². The third-order valence-electron chi connectivity index (χ3n) is 4.51. The maximum atomic E-state index is 12.6. The first-order valence-electron chi connectivity index (χ1n) is 8.46. The van der Waals surface area contributed by atoms with Gasteiger partial charge in [0.05, 0.1) is 10.0 Å². The van der Waals surface area contributed by atoms with Crippen molar-refractivity contribution in [3.05, 3.63) is 74.8 Å². The van der Waals surface area contributed by atoms with Crippen LogP contribution in [0.4, 0.5) is 5.00 Å². The molecule has 0 saturated carbocycles. The lowest BCUT2D eigenvalue weighted by molar-refractivity contribution is 0.0699. The van der Waals surface area contributed by atoms with Crippen LogP contribution >= 0.6 is 34.5 Å². The van der Waals surface area contributed by atoms with Crippen LogP contribution in [-0.4, -0.2) is 17.0 Å². The van der Waals surface area contributed by atoms with E-state index in [1.54, 1.807) is 42.6 Å². The van der Waals surface area contributed by atoms with Crippen molar-refractivity contribution in [1.29, 1.82) is 0 Å². The zero-order chi connectivity index (χ0) is 20.7. The molecule has 0 aliphatic heterocycles. The topological polar surface area (TPSA) is 79.5 Å². The van der Waals surface area contributed by atoms with Gasteiger partial charge >= 0.3 is 5.97 Å². The van der Waals surface area contributed by atoms with Gasteiger partial charge in [-0.15, -0.1) is 11.3 Å². The Labute approximate surface area is 179 Å². The first-order chi connectivity index (χ1) is 13.9. The number of hydrogen-bond acceptors (Lipinski definition) is 4. The number of furan rings is 1. The average molecular weight is 446 g/mol. The molecule has 2 aromatic heterocycles. The molecule has 0 fully saturated rings. The highest BCUT2D eigenvalue weighted by atomic mass is 35.5. The molecule has 0 radical (unpaired) electrons. The predicted molar refractivity (Wildman–Crippen MR) is 116 cm³/mol. The molecule has 0 aliphatic carbocycles. The second-order valence-corrected chi connectivity index (χ2v) is 7.96. The van der Waals surface area contributed by atoms with E-state index in [0.717, 1.165) is 16.7 Å². The van der Waals surface area contributed by atoms with Crippen LogP contribution < -0.4 is 5.32 Å². The highest BCUT2D eigenvalue weighted by Crippen LogP contribution is 2.40. The number of carboxylic acids is 1. The number of halogens is 2. The van der Waals surface area contributed by atoms with Gasteiger partial charge in [-0.2, -0.15) is 0 Å². The minimum absolute atomic E-state index is 0.0130. The van der Waals surface area contributed by atoms with Gasteiger partial charge in [0.15, 0.2) is 5.76 Å². The Morgan fingerprint density at radius 1 is 1.10 bits per heavy atom. The van der Waals surface area contributed by atoms with Crippen molar-refractivity contribution < 1.29 is 19.1 Å². The average Bonchev–Trinajstić information content (AvgIpc) is 3.30. The molecule has 29 heavy (non-hydrogen) atoms. The SMILES string of the molecule is Cc1c(-c2csc(NC(=O)c3cc4ccccc4o3)c2C(=O)O)ccc(Cl)c1Cl. The zero-order valence-corrected chi connectivity index (χ0v) is 17.3. The Kier molecular flexibility index (Phi) is 5.08. The van der Waals surface area contributed by atoms with Crippen molar-refractivity contribution in [3.8, 4) is 11.1 Å². The molecule has 4 rings (SSSR count). The van der Waals surface area contributed by atoms with Crippen LogP contribution in [0.25, 0.3) is 22.1 Å². The van der Waals surface area contributed by atoms with Gasteiger partial charge in [-0.05, 0) is 36.2 Å². The number of nitrogens with one attached hydrogen (secondary N) is 1. The molecule has 8 heteroatoms. The number of rotatable bonds is 4. The van der Waals surface area contributed by atoms with Gasteiger partial charge in [-0.25, -0.2) is 4.79 Å². The van der Waals surface area contributed by atoms with Gasteiger partial charge in [-0.1, -0.05) is 47.5 Å². The van der Waals surface area contributed by atoms with E-state index in [-0.39, 0.29) is 16.3 Å². The van der Waals surface area contributed by atoms with E-state index >= 15 is 0 Å². The van der Waals surface area contributed by atoms with Gasteiger partial charge in [0, 0.05) is 16.3 Å². The Hall–Kier alpha value is -2.80. The largest absolute Gasteiger partial charge is 0.478 e. The van der Waals surface area contributed by atoms with Crippen molar-refractivity contribution in [3.63, 3.8) is 0 Å². The number of thiophene rings is 1. The minimum atomic E-state index is -1.16. The second-order valence-electron chi connectivity index (χ2n) is 6.30. The minimum Gasteiger partial charge on any atom is -0.478 e. The normalized spacial score (nSPS) is 11.0. The van der Waals surface area contributed by atoms with Gasteiger partial charge in [-0.3, -0.25) is 4.79 Å². The van der Waals surface area contributed by atoms with Crippen LogP contribution in [-0.2, 0) is 0 Å². The number of amides is 1. The quantitative estimate of drug-likeness (QED) is 0.364. The van der Waals surface area contributed by atoms with E-state index in [2.05, 4.69) is 5.32 Å². The highest BCUT2D eigenvalue weighted by Gasteiger charge is 2.24. The molecule has 5 nitrogen and oxygen atoms in total. The molecule has 146 valence electrons. The van der Waals surface area contributed by atoms with Crippen molar-refractivity contribution in [2.24, 2.45) is 0 Å². The van der Waals surface area contributed by atoms with Crippen molar-refractivity contribution in [2.75, 3.05) is 5.32 Å². The van der Waals surface area contributed by atoms with E-state index in [1.807, 2.05) is 12.1 Å². The number of anilines is 1. The van der Waals surface area contributed by atoms with Crippen molar-refractivity contribution >= 4 is 62.4 Å². The van der Waals surface area contributed by atoms with Crippen LogP contribution in [0.2, 0.25) is 10.0 Å². The number of carbonyl (C=O) groups excluding carboxylic acids is 1. The summed E-state index contributed by atoms with van der Waals surface area (Å²) in [5, 5.41) is 15.8. The highest BCUT2D eigenvalue weighted by molar-refractivity contribution is 7.15. The molecule has 0 spiro atoms. The zero-order valence-electron chi connectivity index (χ0n) is 15.0. The van der Waals surface area contributed by atoms with Gasteiger partial charge < -0.3 is 14.8 Å². The summed E-state index contributed by atoms with van der Waals surface area (Å²) in [6.07, 6.45) is 0. The molecule has 0 saturated heterocycles. The molecule has 1 amide bonds. The fourth-order valence-electron chi connectivity index (χ4n) is 3.06. The molecule has 0 atom stereocenters. The first-order valence-corrected chi connectivity index (χ1v) is 10.1. The summed E-state index contributed by atoms with van der Waals surface area (Å²) >= 11 is 13.4. The number of aromatic carboxylic acids is 1. The number of carbonyl (C=O) groups is 2. The lowest BCUT2D eigenvalue weighted by Gasteiger charge is -2.09. The van der Waals surface area contributed by atoms with Crippen LogP contribution in [0.1, 0.15) is 26.5 Å². The summed E-state index contributed by atoms with van der Waals surface area (Å²) in [6.45, 7) is 1.76. The standard InChI is InChI=1S/C21H13Cl2NO4S/c1-10-12(6-7-14(22)18(10)23)13-9-29-20(17(13)21(26)27)24-19(25)16-8-11-4-2-3-5-15(11)28-16/h2-9H,1H3,(H,24,25)(H,26,27). The fourth-order valence-corrected chi connectivity index (χ4v) is 4.38.